The van der Waals surface area contributed by atoms with Crippen LogP contribution < -0.4 is 34.9 Å². The number of rotatable bonds is 7. The quantitative estimate of drug-likeness (QED) is 0.0950. The van der Waals surface area contributed by atoms with E-state index >= 15 is 0 Å². The first-order chi connectivity index (χ1) is 31.9. The molecule has 70 heavy (non-hydrogen) atoms. The molecule has 8 aliphatic rings. The molecule has 0 aliphatic heterocycles. The van der Waals surface area contributed by atoms with Crippen LogP contribution in [0.1, 0.15) is 152 Å². The summed E-state index contributed by atoms with van der Waals surface area (Å²) in [6.07, 6.45) is 30.0. The van der Waals surface area contributed by atoms with E-state index in [0.29, 0.717) is 64.3 Å². The molecule has 4 fully saturated rings. The van der Waals surface area contributed by atoms with Crippen molar-refractivity contribution in [1.82, 2.24) is 5.32 Å². The molecule has 0 heterocycles. The van der Waals surface area contributed by atoms with E-state index in [4.69, 9.17) is 9.50 Å². The summed E-state index contributed by atoms with van der Waals surface area (Å²) >= 11 is 0. The van der Waals surface area contributed by atoms with Crippen LogP contribution in [0.4, 0.5) is 0 Å². The van der Waals surface area contributed by atoms with Gasteiger partial charge in [0.2, 0.25) is 0 Å². The molecule has 9 rings (SSSR count). The van der Waals surface area contributed by atoms with Crippen LogP contribution in [-0.4, -0.2) is 55.8 Å². The van der Waals surface area contributed by atoms with E-state index in [-0.39, 0.29) is 59.2 Å². The van der Waals surface area contributed by atoms with E-state index in [2.05, 4.69) is 114 Å². The van der Waals surface area contributed by atoms with Gasteiger partial charge in [0.15, 0.2) is 11.6 Å². The van der Waals surface area contributed by atoms with Crippen LogP contribution in [0.15, 0.2) is 77.9 Å². The average Bonchev–Trinajstić information content (AvgIpc) is 3.85. The second-order valence-corrected chi connectivity index (χ2v) is 22.1. The van der Waals surface area contributed by atoms with Gasteiger partial charge in [0.25, 0.3) is 0 Å². The van der Waals surface area contributed by atoms with Crippen LogP contribution in [0, 0.1) is 80.8 Å². The Kier molecular flexibility index (Phi) is 24.4. The number of fused-ring (bicyclic) bond motifs is 10. The van der Waals surface area contributed by atoms with Crippen LogP contribution in [0.2, 0.25) is 0 Å². The SMILES string of the molecule is C.CC(=O)OC(C)=O.C[C-]=O.C[C@H](C=O)[C@H]1CC[C@H]2[C@@H]3C=CC4=CC(=O)CC[C@]4(C)[C@H]3CC[C@]12C.C[C@H](CNCc1ccccc1)[C@H]1CC[C@H]2[C@@H]3C=CC4=CC(=O)CC[C@]4(C)[C@H]3CC[C@]12C.O.[B]=O.[Na+]. The third-order valence-electron chi connectivity index (χ3n) is 18.6. The van der Waals surface area contributed by atoms with Crippen LogP contribution in [0.25, 0.3) is 0 Å². The van der Waals surface area contributed by atoms with Gasteiger partial charge < -0.3 is 25.1 Å². The molecule has 1 aromatic carbocycles. The van der Waals surface area contributed by atoms with Crippen molar-refractivity contribution >= 4 is 43.8 Å². The molecule has 0 unspecified atom stereocenters. The molecule has 10 nitrogen and oxygen atoms in total. The van der Waals surface area contributed by atoms with Crippen molar-refractivity contribution in [3.8, 4) is 0 Å². The molecule has 0 aromatic heterocycles. The largest absolute Gasteiger partial charge is 1.00 e. The first-order valence-electron chi connectivity index (χ1n) is 25.1. The van der Waals surface area contributed by atoms with Gasteiger partial charge in [-0.15, -0.1) is 0 Å². The van der Waals surface area contributed by atoms with Crippen LogP contribution in [0.3, 0.4) is 0 Å². The third kappa shape index (κ3) is 13.3. The topological polar surface area (TPSA) is 172 Å². The predicted molar refractivity (Wildman–Crippen MR) is 273 cm³/mol. The predicted octanol–water partition coefficient (Wildman–Crippen LogP) is 7.61. The van der Waals surface area contributed by atoms with Crippen molar-refractivity contribution in [2.75, 3.05) is 6.54 Å². The second kappa shape index (κ2) is 27.2. The third-order valence-corrected chi connectivity index (χ3v) is 18.6. The Bertz CT molecular complexity index is 2080. The molecule has 379 valence electrons. The molecule has 0 saturated heterocycles. The summed E-state index contributed by atoms with van der Waals surface area (Å²) in [6, 6.07) is 10.8. The van der Waals surface area contributed by atoms with E-state index < -0.39 is 11.9 Å². The number of carbonyl (C=O) groups excluding carboxylic acids is 6. The molecule has 4 saturated carbocycles. The summed E-state index contributed by atoms with van der Waals surface area (Å²) in [5.41, 5.74) is 5.15. The van der Waals surface area contributed by atoms with Gasteiger partial charge in [0, 0.05) is 39.2 Å². The number of nitrogens with one attached hydrogen (secondary N) is 1. The van der Waals surface area contributed by atoms with Crippen molar-refractivity contribution in [2.45, 2.75) is 153 Å². The Balaban J connectivity index is 0.000000384. The van der Waals surface area contributed by atoms with Crippen molar-refractivity contribution in [3.05, 3.63) is 83.5 Å². The normalized spacial score (nSPS) is 35.2. The summed E-state index contributed by atoms with van der Waals surface area (Å²) in [4.78, 5) is 63.6. The minimum absolute atomic E-state index is 0. The molecule has 1 radical (unpaired) electrons. The standard InChI is InChI=1S/C29H39NO.C22H30O2.C4H6O3.C2H3O.CH4.BO.Na.H2O/c1-20(18-30-19-21-7-5-4-6-8-21)25-11-12-26-24-10-9-22-17-23(31)13-15-28(22,2)27(24)14-16-29(25,26)3;1-14(13-23)18-6-7-19-17-5-4-15-12-16(24)8-10-21(15,2)20(17)9-11-22(18,19)3;1-3(5)7-4(2)6;1-2-3;;1-2;;/h4-10,17,20,24-27,30H,11-16,18-19H2,1-3H3;4-5,12-14,17-20H,6-11H2,1-3H3;1-2H3;1H3;1H4;;;1H2/q;;;-1;;;+1;/t20-,24+,25-,26+,27+,28+,29-;14-,17+,18-,19+,20+,21+,22-;;;;;;/m11....../s1. The first kappa shape index (κ1) is 62.9. The van der Waals surface area contributed by atoms with Gasteiger partial charge in [-0.05, 0) is 175 Å². The Hall–Kier alpha value is -3.22. The number of allylic oxidation sites excluding steroid dienone is 8. The summed E-state index contributed by atoms with van der Waals surface area (Å²) in [5, 5.41) is 3.74. The Morgan fingerprint density at radius 1 is 0.743 bits per heavy atom. The molecular formula is C58H84BNNaO9. The van der Waals surface area contributed by atoms with Crippen LogP contribution >= 0.6 is 0 Å². The second-order valence-electron chi connectivity index (χ2n) is 22.1. The maximum absolute atomic E-state index is 12.0. The summed E-state index contributed by atoms with van der Waals surface area (Å²) in [7, 11) is 3.25. The Labute approximate surface area is 443 Å². The first-order valence-corrected chi connectivity index (χ1v) is 25.1. The fourth-order valence-electron chi connectivity index (χ4n) is 15.4. The monoisotopic (exact) mass is 973 g/mol. The minimum Gasteiger partial charge on any atom is 1.00 e. The number of ketones is 2. The van der Waals surface area contributed by atoms with Gasteiger partial charge in [-0.3, -0.25) is 25.5 Å². The fraction of sp³-hybridized carbons (Fsp3) is 0.655. The molecule has 14 atom stereocenters. The minimum atomic E-state index is -0.562. The molecule has 12 heteroatoms. The van der Waals surface area contributed by atoms with Crippen molar-refractivity contribution in [3.63, 3.8) is 0 Å². The molecular weight excluding hydrogens is 888 g/mol. The van der Waals surface area contributed by atoms with Gasteiger partial charge in [-0.1, -0.05) is 104 Å². The van der Waals surface area contributed by atoms with E-state index in [1.165, 1.54) is 101 Å². The molecule has 0 spiro atoms. The van der Waals surface area contributed by atoms with E-state index in [9.17, 15) is 24.0 Å². The van der Waals surface area contributed by atoms with Gasteiger partial charge in [-0.2, -0.15) is 6.92 Å². The van der Waals surface area contributed by atoms with Gasteiger partial charge in [0.1, 0.15) is 6.29 Å². The van der Waals surface area contributed by atoms with E-state index in [1.54, 1.807) is 0 Å². The molecule has 0 amide bonds. The summed E-state index contributed by atoms with van der Waals surface area (Å²) < 4.78 is 11.7. The zero-order valence-corrected chi connectivity index (χ0v) is 45.4. The smallest absolute Gasteiger partial charge is 1.00 e. The zero-order chi connectivity index (χ0) is 49.3. The summed E-state index contributed by atoms with van der Waals surface area (Å²) in [6.45, 7) is 20.3. The van der Waals surface area contributed by atoms with Crippen LogP contribution in [0.5, 0.6) is 0 Å². The van der Waals surface area contributed by atoms with Gasteiger partial charge in [0.05, 0.1) is 0 Å². The number of aldehydes is 1. The van der Waals surface area contributed by atoms with Crippen molar-refractivity contribution < 1.29 is 73.2 Å². The maximum atomic E-state index is 12.0. The van der Waals surface area contributed by atoms with Crippen molar-refractivity contribution in [2.24, 2.45) is 80.8 Å². The Morgan fingerprint density at radius 3 is 1.59 bits per heavy atom. The Morgan fingerprint density at radius 2 is 1.17 bits per heavy atom. The maximum Gasteiger partial charge on any atom is 1.00 e. The van der Waals surface area contributed by atoms with E-state index in [1.807, 2.05) is 12.2 Å². The molecule has 8 aliphatic carbocycles. The summed E-state index contributed by atoms with van der Waals surface area (Å²) in [5.74, 6) is 5.98. The van der Waals surface area contributed by atoms with Crippen LogP contribution in [-0.2, 0) is 44.8 Å². The van der Waals surface area contributed by atoms with Crippen molar-refractivity contribution in [1.29, 1.82) is 0 Å². The number of esters is 2. The molecule has 3 N–H and O–H groups in total. The number of ether oxygens (including phenoxy) is 1. The number of benzene rings is 1. The fourth-order valence-corrected chi connectivity index (χ4v) is 15.4. The number of hydrogen-bond donors (Lipinski definition) is 1. The van der Waals surface area contributed by atoms with Gasteiger partial charge in [-0.25, -0.2) is 0 Å². The average molecular weight is 973 g/mol. The zero-order valence-electron chi connectivity index (χ0n) is 43.4. The molecule has 1 aromatic rings. The molecule has 0 bridgehead atoms. The number of hydrogen-bond acceptors (Lipinski definition) is 9. The van der Waals surface area contributed by atoms with E-state index in [0.717, 1.165) is 50.1 Å². The number of carbonyl (C=O) groups is 5. The van der Waals surface area contributed by atoms with Gasteiger partial charge >= 0.3 is 53.9 Å².